The average molecular weight is 340 g/mol. The Morgan fingerprint density at radius 3 is 2.72 bits per heavy atom. The lowest BCUT2D eigenvalue weighted by Crippen LogP contribution is -2.17. The van der Waals surface area contributed by atoms with Crippen molar-refractivity contribution in [2.75, 3.05) is 7.11 Å². The van der Waals surface area contributed by atoms with Crippen molar-refractivity contribution in [2.24, 2.45) is 0 Å². The molecular formula is C18H16N2O5. The SMILES string of the molecule is COc1cccc(C(=O)O[C@H](C)c2nc3ccccc3c(=O)[nH]2)c1O. The molecule has 2 N–H and O–H groups in total. The summed E-state index contributed by atoms with van der Waals surface area (Å²) in [5, 5.41) is 10.5. The number of fused-ring (bicyclic) bond motifs is 1. The van der Waals surface area contributed by atoms with Crippen molar-refractivity contribution in [2.45, 2.75) is 13.0 Å². The van der Waals surface area contributed by atoms with Gasteiger partial charge in [0, 0.05) is 0 Å². The number of ether oxygens (including phenoxy) is 2. The van der Waals surface area contributed by atoms with Gasteiger partial charge in [-0.05, 0) is 31.2 Å². The minimum Gasteiger partial charge on any atom is -0.504 e. The highest BCUT2D eigenvalue weighted by Gasteiger charge is 2.21. The van der Waals surface area contributed by atoms with Gasteiger partial charge in [0.25, 0.3) is 5.56 Å². The lowest BCUT2D eigenvalue weighted by Gasteiger charge is -2.14. The molecule has 1 aromatic heterocycles. The van der Waals surface area contributed by atoms with Gasteiger partial charge in [-0.25, -0.2) is 9.78 Å². The third-order valence-electron chi connectivity index (χ3n) is 3.74. The van der Waals surface area contributed by atoms with Crippen LogP contribution in [0.25, 0.3) is 10.9 Å². The second kappa shape index (κ2) is 6.64. The maximum absolute atomic E-state index is 12.3. The molecule has 3 rings (SSSR count). The molecule has 0 spiro atoms. The summed E-state index contributed by atoms with van der Waals surface area (Å²) in [6.45, 7) is 1.59. The average Bonchev–Trinajstić information content (AvgIpc) is 2.61. The molecule has 1 heterocycles. The molecule has 2 aromatic carbocycles. The Labute approximate surface area is 142 Å². The first kappa shape index (κ1) is 16.5. The fraction of sp³-hybridized carbons (Fsp3) is 0.167. The summed E-state index contributed by atoms with van der Waals surface area (Å²) in [6.07, 6.45) is -0.810. The van der Waals surface area contributed by atoms with Gasteiger partial charge >= 0.3 is 5.97 Å². The smallest absolute Gasteiger partial charge is 0.342 e. The number of methoxy groups -OCH3 is 1. The predicted octanol–water partition coefficient (Wildman–Crippen LogP) is 2.56. The van der Waals surface area contributed by atoms with Crippen LogP contribution in [0.4, 0.5) is 0 Å². The monoisotopic (exact) mass is 340 g/mol. The van der Waals surface area contributed by atoms with Gasteiger partial charge in [-0.3, -0.25) is 4.79 Å². The molecule has 0 saturated heterocycles. The van der Waals surface area contributed by atoms with Crippen LogP contribution in [0.2, 0.25) is 0 Å². The van der Waals surface area contributed by atoms with Crippen molar-refractivity contribution < 1.29 is 19.4 Å². The summed E-state index contributed by atoms with van der Waals surface area (Å²) >= 11 is 0. The summed E-state index contributed by atoms with van der Waals surface area (Å²) < 4.78 is 10.3. The number of carbonyl (C=O) groups is 1. The number of aromatic hydroxyl groups is 1. The molecule has 0 saturated carbocycles. The Hall–Kier alpha value is -3.35. The number of rotatable bonds is 4. The molecule has 1 atom stereocenters. The molecular weight excluding hydrogens is 324 g/mol. The lowest BCUT2D eigenvalue weighted by atomic mass is 10.2. The van der Waals surface area contributed by atoms with Gasteiger partial charge in [0.2, 0.25) is 0 Å². The van der Waals surface area contributed by atoms with Crippen molar-refractivity contribution in [3.8, 4) is 11.5 Å². The molecule has 7 heteroatoms. The molecule has 0 amide bonds. The number of phenols is 1. The Kier molecular flexibility index (Phi) is 4.38. The Morgan fingerprint density at radius 2 is 1.96 bits per heavy atom. The molecule has 3 aromatic rings. The van der Waals surface area contributed by atoms with E-state index in [4.69, 9.17) is 9.47 Å². The molecule has 128 valence electrons. The van der Waals surface area contributed by atoms with Crippen LogP contribution >= 0.6 is 0 Å². The molecule has 0 unspecified atom stereocenters. The van der Waals surface area contributed by atoms with E-state index in [9.17, 15) is 14.7 Å². The highest BCUT2D eigenvalue weighted by atomic mass is 16.5. The topological polar surface area (TPSA) is 102 Å². The number of esters is 1. The van der Waals surface area contributed by atoms with E-state index < -0.39 is 12.1 Å². The second-order valence-electron chi connectivity index (χ2n) is 5.37. The zero-order valence-corrected chi connectivity index (χ0v) is 13.6. The van der Waals surface area contributed by atoms with Gasteiger partial charge in [-0.1, -0.05) is 18.2 Å². The van der Waals surface area contributed by atoms with Gasteiger partial charge in [-0.2, -0.15) is 0 Å². The van der Waals surface area contributed by atoms with Crippen LogP contribution in [0.1, 0.15) is 29.2 Å². The van der Waals surface area contributed by atoms with Crippen LogP contribution in [0.15, 0.2) is 47.3 Å². The van der Waals surface area contributed by atoms with E-state index in [1.807, 2.05) is 0 Å². The van der Waals surface area contributed by atoms with Crippen molar-refractivity contribution >= 4 is 16.9 Å². The highest BCUT2D eigenvalue weighted by molar-refractivity contribution is 5.93. The number of phenolic OH excluding ortho intramolecular Hbond substituents is 1. The third-order valence-corrected chi connectivity index (χ3v) is 3.74. The first-order chi connectivity index (χ1) is 12.0. The summed E-state index contributed by atoms with van der Waals surface area (Å²) in [5.74, 6) is -0.666. The molecule has 0 aliphatic rings. The van der Waals surface area contributed by atoms with Crippen molar-refractivity contribution in [1.82, 2.24) is 9.97 Å². The van der Waals surface area contributed by atoms with Crippen LogP contribution in [-0.4, -0.2) is 28.2 Å². The highest BCUT2D eigenvalue weighted by Crippen LogP contribution is 2.30. The van der Waals surface area contributed by atoms with E-state index in [0.29, 0.717) is 10.9 Å². The Morgan fingerprint density at radius 1 is 1.20 bits per heavy atom. The minimum atomic E-state index is -0.810. The fourth-order valence-electron chi connectivity index (χ4n) is 2.43. The van der Waals surface area contributed by atoms with Crippen molar-refractivity contribution in [1.29, 1.82) is 0 Å². The number of hydrogen-bond donors (Lipinski definition) is 2. The number of hydrogen-bond acceptors (Lipinski definition) is 6. The zero-order chi connectivity index (χ0) is 18.0. The van der Waals surface area contributed by atoms with Gasteiger partial charge in [0.05, 0.1) is 18.0 Å². The number of nitrogens with one attached hydrogen (secondary N) is 1. The maximum atomic E-state index is 12.3. The van der Waals surface area contributed by atoms with E-state index in [1.54, 1.807) is 37.3 Å². The number of aromatic amines is 1. The maximum Gasteiger partial charge on any atom is 0.342 e. The second-order valence-corrected chi connectivity index (χ2v) is 5.37. The number of H-pyrrole nitrogens is 1. The molecule has 7 nitrogen and oxygen atoms in total. The molecule has 0 aliphatic carbocycles. The predicted molar refractivity (Wildman–Crippen MR) is 90.9 cm³/mol. The number of para-hydroxylation sites is 2. The number of carbonyl (C=O) groups excluding carboxylic acids is 1. The first-order valence-corrected chi connectivity index (χ1v) is 7.57. The normalized spacial score (nSPS) is 11.9. The molecule has 0 bridgehead atoms. The summed E-state index contributed by atoms with van der Waals surface area (Å²) in [5.41, 5.74) is 0.162. The minimum absolute atomic E-state index is 0.0330. The van der Waals surface area contributed by atoms with Crippen LogP contribution in [0, 0.1) is 0 Å². The largest absolute Gasteiger partial charge is 0.504 e. The van der Waals surface area contributed by atoms with Crippen LogP contribution in [0.5, 0.6) is 11.5 Å². The molecule has 0 aliphatic heterocycles. The van der Waals surface area contributed by atoms with E-state index in [0.717, 1.165) is 0 Å². The van der Waals surface area contributed by atoms with E-state index in [-0.39, 0.29) is 28.4 Å². The van der Waals surface area contributed by atoms with E-state index in [2.05, 4.69) is 9.97 Å². The van der Waals surface area contributed by atoms with Crippen LogP contribution in [-0.2, 0) is 4.74 Å². The Bertz CT molecular complexity index is 996. The van der Waals surface area contributed by atoms with E-state index in [1.165, 1.54) is 19.2 Å². The molecule has 25 heavy (non-hydrogen) atoms. The quantitative estimate of drug-likeness (QED) is 0.708. The zero-order valence-electron chi connectivity index (χ0n) is 13.6. The Balaban J connectivity index is 1.89. The van der Waals surface area contributed by atoms with E-state index >= 15 is 0 Å². The third kappa shape index (κ3) is 3.16. The van der Waals surface area contributed by atoms with Gasteiger partial charge in [0.1, 0.15) is 5.56 Å². The van der Waals surface area contributed by atoms with Crippen LogP contribution in [0.3, 0.4) is 0 Å². The summed E-state index contributed by atoms with van der Waals surface area (Å²) in [4.78, 5) is 31.3. The first-order valence-electron chi connectivity index (χ1n) is 7.57. The van der Waals surface area contributed by atoms with Gasteiger partial charge < -0.3 is 19.6 Å². The number of nitrogens with zero attached hydrogens (tertiary/aromatic N) is 1. The summed E-state index contributed by atoms with van der Waals surface area (Å²) in [6, 6.07) is 11.4. The fourth-order valence-corrected chi connectivity index (χ4v) is 2.43. The van der Waals surface area contributed by atoms with Crippen molar-refractivity contribution in [3.63, 3.8) is 0 Å². The van der Waals surface area contributed by atoms with Gasteiger partial charge in [0.15, 0.2) is 23.4 Å². The van der Waals surface area contributed by atoms with Crippen molar-refractivity contribution in [3.05, 3.63) is 64.2 Å². The summed E-state index contributed by atoms with van der Waals surface area (Å²) in [7, 11) is 1.39. The van der Waals surface area contributed by atoms with Crippen LogP contribution < -0.4 is 10.3 Å². The number of aromatic nitrogens is 2. The molecule has 0 radical (unpaired) electrons. The van der Waals surface area contributed by atoms with Gasteiger partial charge in [-0.15, -0.1) is 0 Å². The standard InChI is InChI=1S/C18H16N2O5/c1-10(16-19-13-8-4-3-6-11(13)17(22)20-16)25-18(23)12-7-5-9-14(24-2)15(12)21/h3-10,21H,1-2H3,(H,19,20,22)/t10-/m1/s1. The molecule has 0 fully saturated rings. The lowest BCUT2D eigenvalue weighted by molar-refractivity contribution is 0.0316. The number of benzene rings is 2.